The molecule has 0 unspecified atom stereocenters. The Bertz CT molecular complexity index is 708. The van der Waals surface area contributed by atoms with E-state index in [-0.39, 0.29) is 0 Å². The van der Waals surface area contributed by atoms with E-state index in [4.69, 9.17) is 4.74 Å². The van der Waals surface area contributed by atoms with Crippen LogP contribution >= 0.6 is 0 Å². The lowest BCUT2D eigenvalue weighted by Crippen LogP contribution is -2.14. The minimum Gasteiger partial charge on any atom is -0.481 e. The maximum atomic E-state index is 5.24. The SMILES string of the molecule is COc1ncccc1CNCc1cccc2cn[nH]c12. The molecule has 1 aromatic carbocycles. The lowest BCUT2D eigenvalue weighted by atomic mass is 10.1. The van der Waals surface area contributed by atoms with E-state index in [1.165, 1.54) is 5.56 Å². The summed E-state index contributed by atoms with van der Waals surface area (Å²) in [5, 5.41) is 11.6. The molecular formula is C15H16N4O. The summed E-state index contributed by atoms with van der Waals surface area (Å²) in [5.41, 5.74) is 3.33. The third-order valence-electron chi connectivity index (χ3n) is 3.24. The van der Waals surface area contributed by atoms with Crippen LogP contribution in [0.4, 0.5) is 0 Å². The van der Waals surface area contributed by atoms with Gasteiger partial charge in [-0.05, 0) is 11.6 Å². The van der Waals surface area contributed by atoms with Gasteiger partial charge in [0.2, 0.25) is 5.88 Å². The van der Waals surface area contributed by atoms with Crippen molar-refractivity contribution in [1.29, 1.82) is 0 Å². The first-order chi connectivity index (χ1) is 9.88. The maximum absolute atomic E-state index is 5.24. The third kappa shape index (κ3) is 2.48. The molecule has 5 nitrogen and oxygen atoms in total. The van der Waals surface area contributed by atoms with Crippen LogP contribution in [0.15, 0.2) is 42.7 Å². The van der Waals surface area contributed by atoms with Gasteiger partial charge in [-0.3, -0.25) is 5.10 Å². The predicted molar refractivity (Wildman–Crippen MR) is 77.4 cm³/mol. The Morgan fingerprint density at radius 3 is 2.90 bits per heavy atom. The molecule has 0 atom stereocenters. The molecule has 0 spiro atoms. The summed E-state index contributed by atoms with van der Waals surface area (Å²) < 4.78 is 5.24. The average Bonchev–Trinajstić information content (AvgIpc) is 2.97. The van der Waals surface area contributed by atoms with Gasteiger partial charge in [-0.25, -0.2) is 4.98 Å². The number of aromatic nitrogens is 3. The fourth-order valence-electron chi connectivity index (χ4n) is 2.25. The molecular weight excluding hydrogens is 252 g/mol. The summed E-state index contributed by atoms with van der Waals surface area (Å²) in [6.07, 6.45) is 3.57. The lowest BCUT2D eigenvalue weighted by molar-refractivity contribution is 0.390. The first kappa shape index (κ1) is 12.6. The molecule has 0 fully saturated rings. The van der Waals surface area contributed by atoms with Gasteiger partial charge in [0.05, 0.1) is 18.8 Å². The summed E-state index contributed by atoms with van der Waals surface area (Å²) in [6, 6.07) is 10.1. The molecule has 20 heavy (non-hydrogen) atoms. The van der Waals surface area contributed by atoms with E-state index >= 15 is 0 Å². The number of H-pyrrole nitrogens is 1. The first-order valence-corrected chi connectivity index (χ1v) is 6.48. The molecule has 0 saturated carbocycles. The summed E-state index contributed by atoms with van der Waals surface area (Å²) >= 11 is 0. The number of hydrogen-bond acceptors (Lipinski definition) is 4. The van der Waals surface area contributed by atoms with Gasteiger partial charge < -0.3 is 10.1 Å². The topological polar surface area (TPSA) is 62.8 Å². The predicted octanol–water partition coefficient (Wildman–Crippen LogP) is 2.26. The zero-order valence-corrected chi connectivity index (χ0v) is 11.3. The molecule has 2 N–H and O–H groups in total. The van der Waals surface area contributed by atoms with E-state index in [0.717, 1.165) is 23.0 Å². The second kappa shape index (κ2) is 5.71. The fourth-order valence-corrected chi connectivity index (χ4v) is 2.25. The second-order valence-corrected chi connectivity index (χ2v) is 4.53. The van der Waals surface area contributed by atoms with Crippen molar-refractivity contribution in [2.75, 3.05) is 7.11 Å². The van der Waals surface area contributed by atoms with Crippen molar-refractivity contribution in [3.63, 3.8) is 0 Å². The number of para-hydroxylation sites is 1. The van der Waals surface area contributed by atoms with E-state index in [1.54, 1.807) is 13.3 Å². The maximum Gasteiger partial charge on any atom is 0.217 e. The lowest BCUT2D eigenvalue weighted by Gasteiger charge is -2.09. The number of methoxy groups -OCH3 is 1. The number of nitrogens with one attached hydrogen (secondary N) is 2. The van der Waals surface area contributed by atoms with Gasteiger partial charge in [-0.15, -0.1) is 0 Å². The molecule has 0 aliphatic carbocycles. The molecule has 2 heterocycles. The monoisotopic (exact) mass is 268 g/mol. The molecule has 0 bridgehead atoms. The molecule has 0 aliphatic heterocycles. The quantitative estimate of drug-likeness (QED) is 0.745. The molecule has 5 heteroatoms. The number of ether oxygens (including phenoxy) is 1. The van der Waals surface area contributed by atoms with Crippen LogP contribution < -0.4 is 10.1 Å². The van der Waals surface area contributed by atoms with Crippen molar-refractivity contribution >= 4 is 10.9 Å². The first-order valence-electron chi connectivity index (χ1n) is 6.48. The van der Waals surface area contributed by atoms with Gasteiger partial charge in [-0.2, -0.15) is 5.10 Å². The van der Waals surface area contributed by atoms with E-state index in [1.807, 2.05) is 30.5 Å². The van der Waals surface area contributed by atoms with Gasteiger partial charge >= 0.3 is 0 Å². The summed E-state index contributed by atoms with van der Waals surface area (Å²) in [5.74, 6) is 0.666. The summed E-state index contributed by atoms with van der Waals surface area (Å²) in [6.45, 7) is 1.47. The Morgan fingerprint density at radius 1 is 1.15 bits per heavy atom. The van der Waals surface area contributed by atoms with Crippen LogP contribution in [0.5, 0.6) is 5.88 Å². The highest BCUT2D eigenvalue weighted by Crippen LogP contribution is 2.16. The van der Waals surface area contributed by atoms with Gasteiger partial charge in [0.15, 0.2) is 0 Å². The van der Waals surface area contributed by atoms with Gasteiger partial charge in [0, 0.05) is 30.2 Å². The minimum atomic E-state index is 0.666. The van der Waals surface area contributed by atoms with Gasteiger partial charge in [0.1, 0.15) is 0 Å². The molecule has 0 amide bonds. The molecule has 102 valence electrons. The van der Waals surface area contributed by atoms with Crippen LogP contribution in [0.25, 0.3) is 10.9 Å². The van der Waals surface area contributed by atoms with Gasteiger partial charge in [0.25, 0.3) is 0 Å². The van der Waals surface area contributed by atoms with E-state index in [9.17, 15) is 0 Å². The molecule has 3 aromatic rings. The zero-order valence-electron chi connectivity index (χ0n) is 11.3. The number of rotatable bonds is 5. The molecule has 0 radical (unpaired) electrons. The van der Waals surface area contributed by atoms with E-state index < -0.39 is 0 Å². The largest absolute Gasteiger partial charge is 0.481 e. The number of hydrogen-bond donors (Lipinski definition) is 2. The van der Waals surface area contributed by atoms with Crippen molar-refractivity contribution in [1.82, 2.24) is 20.5 Å². The highest BCUT2D eigenvalue weighted by atomic mass is 16.5. The van der Waals surface area contributed by atoms with Crippen molar-refractivity contribution in [3.05, 3.63) is 53.9 Å². The van der Waals surface area contributed by atoms with Crippen LogP contribution in [-0.4, -0.2) is 22.3 Å². The average molecular weight is 268 g/mol. The number of nitrogens with zero attached hydrogens (tertiary/aromatic N) is 2. The smallest absolute Gasteiger partial charge is 0.217 e. The Balaban J connectivity index is 1.69. The number of benzene rings is 1. The van der Waals surface area contributed by atoms with Crippen LogP contribution in [0.3, 0.4) is 0 Å². The number of fused-ring (bicyclic) bond motifs is 1. The van der Waals surface area contributed by atoms with Crippen LogP contribution in [0.1, 0.15) is 11.1 Å². The number of pyridine rings is 1. The number of aromatic amines is 1. The van der Waals surface area contributed by atoms with E-state index in [0.29, 0.717) is 12.4 Å². The van der Waals surface area contributed by atoms with Crippen molar-refractivity contribution in [3.8, 4) is 5.88 Å². The highest BCUT2D eigenvalue weighted by Gasteiger charge is 2.05. The molecule has 0 aliphatic rings. The van der Waals surface area contributed by atoms with Crippen LogP contribution in [0, 0.1) is 0 Å². The molecule has 2 aromatic heterocycles. The Labute approximate surface area is 117 Å². The minimum absolute atomic E-state index is 0.666. The zero-order chi connectivity index (χ0) is 13.8. The van der Waals surface area contributed by atoms with Crippen molar-refractivity contribution in [2.45, 2.75) is 13.1 Å². The van der Waals surface area contributed by atoms with Gasteiger partial charge in [-0.1, -0.05) is 24.3 Å². The fraction of sp³-hybridized carbons (Fsp3) is 0.200. The standard InChI is InChI=1S/C15H16N4O/c1-20-15-13(6-3-7-17-15)9-16-8-11-4-2-5-12-10-18-19-14(11)12/h2-7,10,16H,8-9H2,1H3,(H,18,19). The normalized spacial score (nSPS) is 10.8. The Kier molecular flexibility index (Phi) is 3.60. The van der Waals surface area contributed by atoms with E-state index in [2.05, 4.69) is 26.6 Å². The Hall–Kier alpha value is -2.40. The van der Waals surface area contributed by atoms with Crippen LogP contribution in [0.2, 0.25) is 0 Å². The Morgan fingerprint density at radius 2 is 2.00 bits per heavy atom. The van der Waals surface area contributed by atoms with Crippen molar-refractivity contribution < 1.29 is 4.74 Å². The highest BCUT2D eigenvalue weighted by molar-refractivity contribution is 5.81. The summed E-state index contributed by atoms with van der Waals surface area (Å²) in [7, 11) is 1.64. The van der Waals surface area contributed by atoms with Crippen molar-refractivity contribution in [2.24, 2.45) is 0 Å². The third-order valence-corrected chi connectivity index (χ3v) is 3.24. The molecule has 0 saturated heterocycles. The summed E-state index contributed by atoms with van der Waals surface area (Å²) in [4.78, 5) is 4.19. The van der Waals surface area contributed by atoms with Crippen LogP contribution in [-0.2, 0) is 13.1 Å². The molecule has 3 rings (SSSR count). The second-order valence-electron chi connectivity index (χ2n) is 4.53.